The Morgan fingerprint density at radius 1 is 1.35 bits per heavy atom. The number of hydrogen-bond acceptors (Lipinski definition) is 4. The molecule has 0 unspecified atom stereocenters. The molecule has 0 atom stereocenters. The third kappa shape index (κ3) is 3.41. The van der Waals surface area contributed by atoms with Crippen LogP contribution in [0.4, 0.5) is 0 Å². The van der Waals surface area contributed by atoms with Crippen molar-refractivity contribution in [1.29, 1.82) is 0 Å². The van der Waals surface area contributed by atoms with E-state index in [2.05, 4.69) is 4.98 Å². The summed E-state index contributed by atoms with van der Waals surface area (Å²) in [5, 5.41) is 11.2. The number of fused-ring (bicyclic) bond motifs is 1. The highest BCUT2D eigenvalue weighted by Gasteiger charge is 2.16. The number of thioether (sulfide) groups is 1. The summed E-state index contributed by atoms with van der Waals surface area (Å²) in [6.07, 6.45) is 0.871. The van der Waals surface area contributed by atoms with Crippen LogP contribution in [0.3, 0.4) is 0 Å². The van der Waals surface area contributed by atoms with Crippen molar-refractivity contribution >= 4 is 22.7 Å². The SMILES string of the molecule is CCCn1c(SCC(C)(C)O)nc2ccccc2c1=O. The van der Waals surface area contributed by atoms with Crippen molar-refractivity contribution in [3.63, 3.8) is 0 Å². The molecule has 0 aliphatic carbocycles. The maximum absolute atomic E-state index is 12.5. The summed E-state index contributed by atoms with van der Waals surface area (Å²) in [5.41, 5.74) is -0.0794. The van der Waals surface area contributed by atoms with Gasteiger partial charge in [-0.05, 0) is 32.4 Å². The molecular weight excluding hydrogens is 272 g/mol. The summed E-state index contributed by atoms with van der Waals surface area (Å²) < 4.78 is 1.71. The van der Waals surface area contributed by atoms with Gasteiger partial charge in [-0.2, -0.15) is 0 Å². The Morgan fingerprint density at radius 2 is 2.05 bits per heavy atom. The van der Waals surface area contributed by atoms with Gasteiger partial charge in [0.05, 0.1) is 16.5 Å². The van der Waals surface area contributed by atoms with Gasteiger partial charge in [0, 0.05) is 12.3 Å². The quantitative estimate of drug-likeness (QED) is 0.680. The topological polar surface area (TPSA) is 55.1 Å². The van der Waals surface area contributed by atoms with E-state index in [9.17, 15) is 9.90 Å². The fourth-order valence-electron chi connectivity index (χ4n) is 1.92. The maximum Gasteiger partial charge on any atom is 0.262 e. The predicted molar refractivity (Wildman–Crippen MR) is 83.3 cm³/mol. The number of aromatic nitrogens is 2. The van der Waals surface area contributed by atoms with Crippen LogP contribution in [0.1, 0.15) is 27.2 Å². The lowest BCUT2D eigenvalue weighted by Gasteiger charge is -2.18. The highest BCUT2D eigenvalue weighted by atomic mass is 32.2. The third-order valence-corrected chi connectivity index (χ3v) is 4.25. The first kappa shape index (κ1) is 15.1. The number of para-hydroxylation sites is 1. The van der Waals surface area contributed by atoms with E-state index in [0.717, 1.165) is 6.42 Å². The molecule has 0 saturated carbocycles. The second-order valence-corrected chi connectivity index (χ2v) is 6.41. The van der Waals surface area contributed by atoms with E-state index in [1.54, 1.807) is 24.5 Å². The molecule has 2 aromatic rings. The number of benzene rings is 1. The summed E-state index contributed by atoms with van der Waals surface area (Å²) in [7, 11) is 0. The molecule has 0 radical (unpaired) electrons. The van der Waals surface area contributed by atoms with Gasteiger partial charge < -0.3 is 5.11 Å². The Kier molecular flexibility index (Phi) is 4.50. The molecule has 0 aliphatic rings. The van der Waals surface area contributed by atoms with E-state index >= 15 is 0 Å². The van der Waals surface area contributed by atoms with E-state index in [1.807, 2.05) is 25.1 Å². The van der Waals surface area contributed by atoms with Crippen molar-refractivity contribution in [3.05, 3.63) is 34.6 Å². The van der Waals surface area contributed by atoms with Crippen LogP contribution in [0, 0.1) is 0 Å². The van der Waals surface area contributed by atoms with Crippen molar-refractivity contribution in [2.75, 3.05) is 5.75 Å². The lowest BCUT2D eigenvalue weighted by Crippen LogP contribution is -2.26. The van der Waals surface area contributed by atoms with E-state index in [4.69, 9.17) is 0 Å². The number of aliphatic hydroxyl groups is 1. The van der Waals surface area contributed by atoms with Gasteiger partial charge in [-0.1, -0.05) is 30.8 Å². The molecule has 0 bridgehead atoms. The van der Waals surface area contributed by atoms with Crippen molar-refractivity contribution in [3.8, 4) is 0 Å². The van der Waals surface area contributed by atoms with Gasteiger partial charge in [0.1, 0.15) is 0 Å². The van der Waals surface area contributed by atoms with Crippen molar-refractivity contribution in [1.82, 2.24) is 9.55 Å². The molecule has 108 valence electrons. The minimum atomic E-state index is -0.787. The standard InChI is InChI=1S/C15H20N2O2S/c1-4-9-17-13(18)11-7-5-6-8-12(11)16-14(17)20-10-15(2,3)19/h5-8,19H,4,9-10H2,1-3H3. The molecule has 0 spiro atoms. The second-order valence-electron chi connectivity index (χ2n) is 5.47. The zero-order valence-electron chi connectivity index (χ0n) is 12.1. The molecule has 5 heteroatoms. The van der Waals surface area contributed by atoms with Gasteiger partial charge in [-0.3, -0.25) is 9.36 Å². The van der Waals surface area contributed by atoms with Crippen LogP contribution in [-0.4, -0.2) is 26.0 Å². The second kappa shape index (κ2) is 5.97. The Balaban J connectivity index is 2.51. The average Bonchev–Trinajstić information content (AvgIpc) is 2.39. The fraction of sp³-hybridized carbons (Fsp3) is 0.467. The van der Waals surface area contributed by atoms with E-state index in [0.29, 0.717) is 28.4 Å². The minimum Gasteiger partial charge on any atom is -0.390 e. The molecule has 0 fully saturated rings. The van der Waals surface area contributed by atoms with Crippen molar-refractivity contribution < 1.29 is 5.11 Å². The molecule has 2 rings (SSSR count). The monoisotopic (exact) mass is 292 g/mol. The van der Waals surface area contributed by atoms with Crippen LogP contribution in [0.25, 0.3) is 10.9 Å². The summed E-state index contributed by atoms with van der Waals surface area (Å²) >= 11 is 1.42. The molecule has 1 heterocycles. The van der Waals surface area contributed by atoms with Gasteiger partial charge in [0.25, 0.3) is 5.56 Å². The van der Waals surface area contributed by atoms with Crippen LogP contribution in [0.5, 0.6) is 0 Å². The van der Waals surface area contributed by atoms with Gasteiger partial charge in [-0.15, -0.1) is 0 Å². The van der Waals surface area contributed by atoms with Crippen molar-refractivity contribution in [2.24, 2.45) is 0 Å². The number of rotatable bonds is 5. The Morgan fingerprint density at radius 3 is 2.70 bits per heavy atom. The van der Waals surface area contributed by atoms with Gasteiger partial charge in [-0.25, -0.2) is 4.98 Å². The van der Waals surface area contributed by atoms with Gasteiger partial charge >= 0.3 is 0 Å². The molecule has 1 aromatic carbocycles. The number of hydrogen-bond donors (Lipinski definition) is 1. The molecule has 0 amide bonds. The van der Waals surface area contributed by atoms with E-state index < -0.39 is 5.60 Å². The molecule has 4 nitrogen and oxygen atoms in total. The lowest BCUT2D eigenvalue weighted by molar-refractivity contribution is 0.107. The summed E-state index contributed by atoms with van der Waals surface area (Å²) in [6.45, 7) is 6.18. The highest BCUT2D eigenvalue weighted by Crippen LogP contribution is 2.22. The highest BCUT2D eigenvalue weighted by molar-refractivity contribution is 7.99. The predicted octanol–water partition coefficient (Wildman–Crippen LogP) is 2.67. The van der Waals surface area contributed by atoms with Crippen LogP contribution >= 0.6 is 11.8 Å². The summed E-state index contributed by atoms with van der Waals surface area (Å²) in [5.74, 6) is 0.501. The van der Waals surface area contributed by atoms with Crippen LogP contribution in [0.15, 0.2) is 34.2 Å². The molecule has 20 heavy (non-hydrogen) atoms. The maximum atomic E-state index is 12.5. The first-order valence-corrected chi connectivity index (χ1v) is 7.75. The van der Waals surface area contributed by atoms with E-state index in [-0.39, 0.29) is 5.56 Å². The smallest absolute Gasteiger partial charge is 0.262 e. The fourth-order valence-corrected chi connectivity index (χ4v) is 2.90. The molecule has 1 N–H and O–H groups in total. The number of nitrogens with zero attached hydrogens (tertiary/aromatic N) is 2. The first-order chi connectivity index (χ1) is 9.42. The largest absolute Gasteiger partial charge is 0.390 e. The summed E-state index contributed by atoms with van der Waals surface area (Å²) in [6, 6.07) is 7.39. The van der Waals surface area contributed by atoms with Crippen molar-refractivity contribution in [2.45, 2.75) is 44.5 Å². The summed E-state index contributed by atoms with van der Waals surface area (Å²) in [4.78, 5) is 17.1. The van der Waals surface area contributed by atoms with Crippen LogP contribution < -0.4 is 5.56 Å². The zero-order chi connectivity index (χ0) is 14.8. The van der Waals surface area contributed by atoms with Crippen LogP contribution in [-0.2, 0) is 6.54 Å². The Labute approximate surface area is 122 Å². The van der Waals surface area contributed by atoms with Crippen LogP contribution in [0.2, 0.25) is 0 Å². The van der Waals surface area contributed by atoms with Gasteiger partial charge in [0.2, 0.25) is 0 Å². The third-order valence-electron chi connectivity index (χ3n) is 2.83. The normalized spacial score (nSPS) is 12.0. The van der Waals surface area contributed by atoms with Gasteiger partial charge in [0.15, 0.2) is 5.16 Å². The zero-order valence-corrected chi connectivity index (χ0v) is 12.9. The first-order valence-electron chi connectivity index (χ1n) is 6.77. The Bertz CT molecular complexity index is 659. The molecule has 1 aromatic heterocycles. The minimum absolute atomic E-state index is 0.00399. The van der Waals surface area contributed by atoms with E-state index in [1.165, 1.54) is 11.8 Å². The average molecular weight is 292 g/mol. The molecule has 0 saturated heterocycles. The Hall–Kier alpha value is -1.33. The lowest BCUT2D eigenvalue weighted by atomic mass is 10.2. The molecular formula is C15H20N2O2S. The molecule has 0 aliphatic heterocycles.